The Bertz CT molecular complexity index is 603. The highest BCUT2D eigenvalue weighted by Crippen LogP contribution is 2.14. The van der Waals surface area contributed by atoms with Crippen LogP contribution in [0.15, 0.2) is 46.5 Å². The van der Waals surface area contributed by atoms with Gasteiger partial charge in [-0.1, -0.05) is 12.1 Å². The number of hydrogen-bond acceptors (Lipinski definition) is 4. The zero-order valence-electron chi connectivity index (χ0n) is 9.89. The van der Waals surface area contributed by atoms with E-state index in [1.54, 1.807) is 28.9 Å². The Morgan fingerprint density at radius 3 is 2.58 bits per heavy atom. The van der Waals surface area contributed by atoms with Gasteiger partial charge in [-0.25, -0.2) is 0 Å². The van der Waals surface area contributed by atoms with Gasteiger partial charge in [0.15, 0.2) is 0 Å². The summed E-state index contributed by atoms with van der Waals surface area (Å²) in [5.74, 6) is 0.360. The van der Waals surface area contributed by atoms with E-state index in [-0.39, 0.29) is 5.69 Å². The fourth-order valence-corrected chi connectivity index (χ4v) is 3.01. The molecular formula is C13H11NO3S2. The first kappa shape index (κ1) is 13.6. The van der Waals surface area contributed by atoms with E-state index < -0.39 is 15.7 Å². The average molecular weight is 293 g/mol. The lowest BCUT2D eigenvalue weighted by molar-refractivity contribution is -0.384. The minimum absolute atomic E-state index is 0.0448. The normalized spacial score (nSPS) is 12.6. The van der Waals surface area contributed by atoms with Gasteiger partial charge >= 0.3 is 0 Å². The molecule has 0 saturated carbocycles. The van der Waals surface area contributed by atoms with Gasteiger partial charge in [0.25, 0.3) is 5.69 Å². The highest BCUT2D eigenvalue weighted by atomic mass is 32.2. The van der Waals surface area contributed by atoms with Crippen LogP contribution < -0.4 is 0 Å². The lowest BCUT2D eigenvalue weighted by Crippen LogP contribution is -1.93. The lowest BCUT2D eigenvalue weighted by atomic mass is 10.2. The molecule has 1 unspecified atom stereocenters. The third kappa shape index (κ3) is 4.11. The van der Waals surface area contributed by atoms with Crippen molar-refractivity contribution in [2.75, 3.05) is 0 Å². The van der Waals surface area contributed by atoms with Gasteiger partial charge < -0.3 is 0 Å². The van der Waals surface area contributed by atoms with Crippen LogP contribution in [-0.4, -0.2) is 9.13 Å². The Labute approximate surface area is 117 Å². The standard InChI is InChI=1S/C13H11NO3S2/c15-14(16)13-3-1-12(2-4-13)10-19(17)8-6-11-5-7-18-9-11/h1-9H,10H2. The Balaban J connectivity index is 1.97. The van der Waals surface area contributed by atoms with Gasteiger partial charge in [0.1, 0.15) is 0 Å². The van der Waals surface area contributed by atoms with Crippen molar-refractivity contribution in [3.8, 4) is 0 Å². The van der Waals surface area contributed by atoms with E-state index in [9.17, 15) is 14.3 Å². The third-order valence-corrected chi connectivity index (χ3v) is 4.17. The second kappa shape index (κ2) is 6.40. The third-order valence-electron chi connectivity index (χ3n) is 2.41. The van der Waals surface area contributed by atoms with Crippen molar-refractivity contribution in [1.29, 1.82) is 0 Å². The molecule has 0 saturated heterocycles. The van der Waals surface area contributed by atoms with Crippen molar-refractivity contribution >= 4 is 33.9 Å². The predicted molar refractivity (Wildman–Crippen MR) is 78.3 cm³/mol. The van der Waals surface area contributed by atoms with E-state index in [1.165, 1.54) is 12.1 Å². The number of non-ortho nitro benzene ring substituents is 1. The number of rotatable bonds is 5. The quantitative estimate of drug-likeness (QED) is 0.625. The molecule has 0 fully saturated rings. The Hall–Kier alpha value is -1.79. The summed E-state index contributed by atoms with van der Waals surface area (Å²) in [5, 5.41) is 16.1. The van der Waals surface area contributed by atoms with Gasteiger partial charge in [0.2, 0.25) is 0 Å². The minimum Gasteiger partial charge on any atom is -0.258 e. The van der Waals surface area contributed by atoms with Crippen LogP contribution in [0, 0.1) is 10.1 Å². The summed E-state index contributed by atoms with van der Waals surface area (Å²) in [5.41, 5.74) is 1.89. The second-order valence-electron chi connectivity index (χ2n) is 3.81. The van der Waals surface area contributed by atoms with E-state index in [0.717, 1.165) is 11.1 Å². The molecule has 0 bridgehead atoms. The Morgan fingerprint density at radius 2 is 2.00 bits per heavy atom. The monoisotopic (exact) mass is 293 g/mol. The van der Waals surface area contributed by atoms with Gasteiger partial charge in [-0.3, -0.25) is 14.3 Å². The molecule has 6 heteroatoms. The van der Waals surface area contributed by atoms with E-state index in [4.69, 9.17) is 0 Å². The van der Waals surface area contributed by atoms with Crippen molar-refractivity contribution in [1.82, 2.24) is 0 Å². The van der Waals surface area contributed by atoms with E-state index in [1.807, 2.05) is 22.9 Å². The molecule has 0 spiro atoms. The molecule has 0 aliphatic rings. The van der Waals surface area contributed by atoms with Crippen LogP contribution in [0.3, 0.4) is 0 Å². The van der Waals surface area contributed by atoms with Crippen molar-refractivity contribution in [3.05, 3.63) is 67.7 Å². The maximum absolute atomic E-state index is 11.8. The first-order chi connectivity index (χ1) is 9.15. The summed E-state index contributed by atoms with van der Waals surface area (Å²) in [6.07, 6.45) is 1.82. The molecule has 0 aliphatic heterocycles. The maximum atomic E-state index is 11.8. The van der Waals surface area contributed by atoms with Crippen LogP contribution in [0.5, 0.6) is 0 Å². The molecule has 2 rings (SSSR count). The summed E-state index contributed by atoms with van der Waals surface area (Å²) in [6, 6.07) is 8.07. The highest BCUT2D eigenvalue weighted by Gasteiger charge is 2.05. The van der Waals surface area contributed by atoms with Crippen molar-refractivity contribution in [2.45, 2.75) is 5.75 Å². The number of nitrogens with zero attached hydrogens (tertiary/aromatic N) is 1. The highest BCUT2D eigenvalue weighted by molar-refractivity contribution is 7.87. The zero-order valence-corrected chi connectivity index (χ0v) is 11.5. The van der Waals surface area contributed by atoms with Crippen LogP contribution in [0.25, 0.3) is 6.08 Å². The molecule has 2 aromatic rings. The summed E-state index contributed by atoms with van der Waals surface area (Å²) in [4.78, 5) is 10.1. The van der Waals surface area contributed by atoms with Crippen molar-refractivity contribution < 1.29 is 9.13 Å². The fourth-order valence-electron chi connectivity index (χ4n) is 1.45. The van der Waals surface area contributed by atoms with Crippen LogP contribution in [-0.2, 0) is 16.6 Å². The molecular weight excluding hydrogens is 282 g/mol. The predicted octanol–water partition coefficient (Wildman–Crippen LogP) is 3.58. The van der Waals surface area contributed by atoms with Crippen molar-refractivity contribution in [2.24, 2.45) is 0 Å². The Morgan fingerprint density at radius 1 is 1.26 bits per heavy atom. The van der Waals surface area contributed by atoms with E-state index in [2.05, 4.69) is 0 Å². The van der Waals surface area contributed by atoms with Gasteiger partial charge in [0, 0.05) is 17.5 Å². The Kier molecular flexibility index (Phi) is 4.59. The summed E-state index contributed by atoms with van der Waals surface area (Å²) < 4.78 is 11.8. The maximum Gasteiger partial charge on any atom is 0.269 e. The van der Waals surface area contributed by atoms with Crippen molar-refractivity contribution in [3.63, 3.8) is 0 Å². The average Bonchev–Trinajstić information content (AvgIpc) is 2.90. The van der Waals surface area contributed by atoms with Gasteiger partial charge in [-0.2, -0.15) is 11.3 Å². The van der Waals surface area contributed by atoms with Gasteiger partial charge in [-0.05, 0) is 34.0 Å². The molecule has 1 aromatic heterocycles. The number of benzene rings is 1. The second-order valence-corrected chi connectivity index (χ2v) is 5.91. The van der Waals surface area contributed by atoms with Gasteiger partial charge in [-0.15, -0.1) is 0 Å². The van der Waals surface area contributed by atoms with E-state index >= 15 is 0 Å². The number of hydrogen-bond donors (Lipinski definition) is 0. The summed E-state index contributed by atoms with van der Waals surface area (Å²) in [7, 11) is -1.12. The zero-order chi connectivity index (χ0) is 13.7. The number of thiophene rings is 1. The molecule has 4 nitrogen and oxygen atoms in total. The molecule has 98 valence electrons. The van der Waals surface area contributed by atoms with Crippen LogP contribution >= 0.6 is 11.3 Å². The smallest absolute Gasteiger partial charge is 0.258 e. The SMILES string of the molecule is O=[N+]([O-])c1ccc(CS(=O)C=Cc2ccsc2)cc1. The topological polar surface area (TPSA) is 60.2 Å². The van der Waals surface area contributed by atoms with Crippen LogP contribution in [0.1, 0.15) is 11.1 Å². The molecule has 0 radical (unpaired) electrons. The summed E-state index contributed by atoms with van der Waals surface area (Å²) in [6.45, 7) is 0. The molecule has 19 heavy (non-hydrogen) atoms. The first-order valence-electron chi connectivity index (χ1n) is 5.46. The lowest BCUT2D eigenvalue weighted by Gasteiger charge is -1.98. The molecule has 0 aliphatic carbocycles. The van der Waals surface area contributed by atoms with Crippen LogP contribution in [0.2, 0.25) is 0 Å². The molecule has 0 amide bonds. The minimum atomic E-state index is -1.12. The fraction of sp³-hybridized carbons (Fsp3) is 0.0769. The molecule has 1 atom stereocenters. The van der Waals surface area contributed by atoms with Gasteiger partial charge in [0.05, 0.1) is 21.5 Å². The summed E-state index contributed by atoms with van der Waals surface area (Å²) >= 11 is 1.59. The number of nitro groups is 1. The first-order valence-corrected chi connectivity index (χ1v) is 7.78. The molecule has 1 aromatic carbocycles. The molecule has 0 N–H and O–H groups in total. The largest absolute Gasteiger partial charge is 0.269 e. The van der Waals surface area contributed by atoms with Crippen LogP contribution in [0.4, 0.5) is 5.69 Å². The molecule has 1 heterocycles. The number of nitro benzene ring substituents is 1. The van der Waals surface area contributed by atoms with E-state index in [0.29, 0.717) is 5.75 Å².